The van der Waals surface area contributed by atoms with Crippen LogP contribution in [0.4, 0.5) is 0 Å². The van der Waals surface area contributed by atoms with Crippen molar-refractivity contribution in [1.82, 2.24) is 5.32 Å². The number of hydrogen-bond donors (Lipinski definition) is 2. The molecule has 2 N–H and O–H groups in total. The summed E-state index contributed by atoms with van der Waals surface area (Å²) < 4.78 is 1.15. The Balaban J connectivity index is 2.10. The average Bonchev–Trinajstić information content (AvgIpc) is 2.58. The summed E-state index contributed by atoms with van der Waals surface area (Å²) in [4.78, 5) is 1.32. The molecule has 4 heteroatoms. The normalized spacial score (nSPS) is 13.1. The first kappa shape index (κ1) is 12.2. The van der Waals surface area contributed by atoms with Crippen molar-refractivity contribution >= 4 is 27.3 Å². The molecule has 0 saturated carbocycles. The number of rotatable bonds is 6. The van der Waals surface area contributed by atoms with Gasteiger partial charge >= 0.3 is 0 Å². The van der Waals surface area contributed by atoms with E-state index >= 15 is 0 Å². The molecule has 1 aromatic heterocycles. The summed E-state index contributed by atoms with van der Waals surface area (Å²) in [5.74, 6) is 0. The lowest BCUT2D eigenvalue weighted by Crippen LogP contribution is -2.19. The van der Waals surface area contributed by atoms with Crippen molar-refractivity contribution in [2.24, 2.45) is 0 Å². The molecule has 0 aromatic carbocycles. The molecule has 0 radical (unpaired) electrons. The van der Waals surface area contributed by atoms with E-state index < -0.39 is 0 Å². The number of halogens is 1. The summed E-state index contributed by atoms with van der Waals surface area (Å²) in [5.41, 5.74) is 0. The second-order valence-electron chi connectivity index (χ2n) is 3.26. The zero-order chi connectivity index (χ0) is 10.4. The highest BCUT2D eigenvalue weighted by Crippen LogP contribution is 2.19. The SMILES string of the molecule is CCC(O)CCNCc1cc(Br)cs1. The summed E-state index contributed by atoms with van der Waals surface area (Å²) in [6.07, 6.45) is 1.52. The summed E-state index contributed by atoms with van der Waals surface area (Å²) in [6.45, 7) is 3.78. The number of aliphatic hydroxyl groups is 1. The molecular formula is C10H16BrNOS. The van der Waals surface area contributed by atoms with Gasteiger partial charge in [0.25, 0.3) is 0 Å². The fraction of sp³-hybridized carbons (Fsp3) is 0.600. The van der Waals surface area contributed by atoms with Gasteiger partial charge in [-0.15, -0.1) is 11.3 Å². The Hall–Kier alpha value is 0.1000. The lowest BCUT2D eigenvalue weighted by atomic mass is 10.2. The van der Waals surface area contributed by atoms with E-state index in [1.54, 1.807) is 11.3 Å². The van der Waals surface area contributed by atoms with Crippen molar-refractivity contribution in [1.29, 1.82) is 0 Å². The minimum atomic E-state index is -0.155. The lowest BCUT2D eigenvalue weighted by molar-refractivity contribution is 0.160. The van der Waals surface area contributed by atoms with E-state index in [2.05, 4.69) is 32.7 Å². The summed E-state index contributed by atoms with van der Waals surface area (Å²) in [6, 6.07) is 2.12. The Morgan fingerprint density at radius 2 is 2.43 bits per heavy atom. The molecule has 1 unspecified atom stereocenters. The first-order valence-electron chi connectivity index (χ1n) is 4.84. The van der Waals surface area contributed by atoms with Crippen LogP contribution in [0.1, 0.15) is 24.6 Å². The van der Waals surface area contributed by atoms with Crippen LogP contribution in [0, 0.1) is 0 Å². The molecule has 0 spiro atoms. The molecule has 80 valence electrons. The third kappa shape index (κ3) is 4.55. The van der Waals surface area contributed by atoms with Crippen molar-refractivity contribution in [2.75, 3.05) is 6.54 Å². The molecular weight excluding hydrogens is 262 g/mol. The van der Waals surface area contributed by atoms with E-state index in [4.69, 9.17) is 0 Å². The Morgan fingerprint density at radius 1 is 1.64 bits per heavy atom. The van der Waals surface area contributed by atoms with Gasteiger partial charge in [0.15, 0.2) is 0 Å². The molecule has 14 heavy (non-hydrogen) atoms. The Morgan fingerprint density at radius 3 is 3.00 bits per heavy atom. The van der Waals surface area contributed by atoms with E-state index in [-0.39, 0.29) is 6.10 Å². The van der Waals surface area contributed by atoms with Gasteiger partial charge in [-0.25, -0.2) is 0 Å². The van der Waals surface area contributed by atoms with E-state index in [1.165, 1.54) is 4.88 Å². The van der Waals surface area contributed by atoms with E-state index in [1.807, 2.05) is 6.92 Å². The van der Waals surface area contributed by atoms with Crippen LogP contribution >= 0.6 is 27.3 Å². The Kier molecular flexibility index (Phi) is 5.70. The molecule has 0 aliphatic carbocycles. The largest absolute Gasteiger partial charge is 0.393 e. The first-order chi connectivity index (χ1) is 6.72. The molecule has 1 atom stereocenters. The van der Waals surface area contributed by atoms with Crippen LogP contribution in [0.5, 0.6) is 0 Å². The summed E-state index contributed by atoms with van der Waals surface area (Å²) in [5, 5.41) is 14.7. The number of thiophene rings is 1. The van der Waals surface area contributed by atoms with Crippen LogP contribution in [0.25, 0.3) is 0 Å². The van der Waals surface area contributed by atoms with Crippen LogP contribution in [-0.4, -0.2) is 17.8 Å². The van der Waals surface area contributed by atoms with Gasteiger partial charge in [-0.2, -0.15) is 0 Å². The average molecular weight is 278 g/mol. The summed E-state index contributed by atoms with van der Waals surface area (Å²) in [7, 11) is 0. The first-order valence-corrected chi connectivity index (χ1v) is 6.51. The van der Waals surface area contributed by atoms with Gasteiger partial charge in [0.1, 0.15) is 0 Å². The predicted molar refractivity (Wildman–Crippen MR) is 64.6 cm³/mol. The molecule has 1 rings (SSSR count). The van der Waals surface area contributed by atoms with Crippen LogP contribution in [0.15, 0.2) is 15.9 Å². The Labute approximate surface area is 97.5 Å². The standard InChI is InChI=1S/C10H16BrNOS/c1-2-9(13)3-4-12-6-10-5-8(11)7-14-10/h5,7,9,12-13H,2-4,6H2,1H3. The molecule has 0 fully saturated rings. The molecule has 0 saturated heterocycles. The minimum Gasteiger partial charge on any atom is -0.393 e. The second kappa shape index (κ2) is 6.56. The van der Waals surface area contributed by atoms with Gasteiger partial charge < -0.3 is 10.4 Å². The molecule has 0 aliphatic rings. The highest BCUT2D eigenvalue weighted by Gasteiger charge is 2.00. The van der Waals surface area contributed by atoms with Crippen molar-refractivity contribution in [2.45, 2.75) is 32.4 Å². The second-order valence-corrected chi connectivity index (χ2v) is 5.17. The fourth-order valence-corrected chi connectivity index (χ4v) is 2.55. The maximum Gasteiger partial charge on any atom is 0.0549 e. The molecule has 0 aliphatic heterocycles. The maximum atomic E-state index is 9.31. The van der Waals surface area contributed by atoms with Gasteiger partial charge in [-0.3, -0.25) is 0 Å². The third-order valence-corrected chi connectivity index (χ3v) is 3.74. The molecule has 0 bridgehead atoms. The predicted octanol–water partition coefficient (Wildman–Crippen LogP) is 2.76. The van der Waals surface area contributed by atoms with E-state index in [0.717, 1.165) is 30.4 Å². The zero-order valence-electron chi connectivity index (χ0n) is 8.29. The molecule has 2 nitrogen and oxygen atoms in total. The van der Waals surface area contributed by atoms with Gasteiger partial charge in [0.2, 0.25) is 0 Å². The smallest absolute Gasteiger partial charge is 0.0549 e. The molecule has 1 heterocycles. The third-order valence-electron chi connectivity index (χ3n) is 2.05. The summed E-state index contributed by atoms with van der Waals surface area (Å²) >= 11 is 5.16. The van der Waals surface area contributed by atoms with Crippen molar-refractivity contribution in [3.63, 3.8) is 0 Å². The van der Waals surface area contributed by atoms with Gasteiger partial charge in [0, 0.05) is 21.3 Å². The van der Waals surface area contributed by atoms with Crippen LogP contribution in [0.2, 0.25) is 0 Å². The zero-order valence-corrected chi connectivity index (χ0v) is 10.7. The van der Waals surface area contributed by atoms with Gasteiger partial charge in [-0.1, -0.05) is 6.92 Å². The van der Waals surface area contributed by atoms with Crippen molar-refractivity contribution in [3.05, 3.63) is 20.8 Å². The Bertz CT molecular complexity index is 264. The number of aliphatic hydroxyl groups excluding tert-OH is 1. The van der Waals surface area contributed by atoms with Gasteiger partial charge in [0.05, 0.1) is 6.10 Å². The topological polar surface area (TPSA) is 32.3 Å². The van der Waals surface area contributed by atoms with Gasteiger partial charge in [-0.05, 0) is 41.4 Å². The minimum absolute atomic E-state index is 0.155. The number of nitrogens with one attached hydrogen (secondary N) is 1. The van der Waals surface area contributed by atoms with E-state index in [0.29, 0.717) is 0 Å². The quantitative estimate of drug-likeness (QED) is 0.784. The molecule has 1 aromatic rings. The highest BCUT2D eigenvalue weighted by atomic mass is 79.9. The number of hydrogen-bond acceptors (Lipinski definition) is 3. The fourth-order valence-electron chi connectivity index (χ4n) is 1.13. The maximum absolute atomic E-state index is 9.31. The van der Waals surface area contributed by atoms with Crippen LogP contribution < -0.4 is 5.32 Å². The monoisotopic (exact) mass is 277 g/mol. The highest BCUT2D eigenvalue weighted by molar-refractivity contribution is 9.10. The van der Waals surface area contributed by atoms with Crippen molar-refractivity contribution < 1.29 is 5.11 Å². The lowest BCUT2D eigenvalue weighted by Gasteiger charge is -2.07. The van der Waals surface area contributed by atoms with Crippen molar-refractivity contribution in [3.8, 4) is 0 Å². The van der Waals surface area contributed by atoms with Crippen LogP contribution in [-0.2, 0) is 6.54 Å². The van der Waals surface area contributed by atoms with Crippen LogP contribution in [0.3, 0.4) is 0 Å². The molecule has 0 amide bonds. The van der Waals surface area contributed by atoms with E-state index in [9.17, 15) is 5.11 Å².